The first-order chi connectivity index (χ1) is 14.6. The minimum absolute atomic E-state index is 0.0811. The Kier molecular flexibility index (Phi) is 6.07. The van der Waals surface area contributed by atoms with Crippen molar-refractivity contribution >= 4 is 5.91 Å². The molecule has 1 fully saturated rings. The summed E-state index contributed by atoms with van der Waals surface area (Å²) in [5, 5.41) is 0. The number of hydrogen-bond acceptors (Lipinski definition) is 3. The van der Waals surface area contributed by atoms with Gasteiger partial charge in [0.1, 0.15) is 11.6 Å². The first kappa shape index (κ1) is 20.1. The predicted octanol–water partition coefficient (Wildman–Crippen LogP) is 4.85. The zero-order valence-electron chi connectivity index (χ0n) is 17.1. The lowest BCUT2D eigenvalue weighted by Gasteiger charge is -2.32. The van der Waals surface area contributed by atoms with Crippen LogP contribution in [0.2, 0.25) is 0 Å². The average molecular weight is 404 g/mol. The number of carbonyl (C=O) groups excluding carboxylic acids is 1. The first-order valence-corrected chi connectivity index (χ1v) is 10.3. The second kappa shape index (κ2) is 9.08. The number of aromatic nitrogens is 1. The van der Waals surface area contributed by atoms with E-state index in [1.807, 2.05) is 47.4 Å². The van der Waals surface area contributed by atoms with Gasteiger partial charge in [-0.2, -0.15) is 0 Å². The molecular weight excluding hydrogens is 379 g/mol. The van der Waals surface area contributed by atoms with Crippen molar-refractivity contribution in [2.45, 2.75) is 25.2 Å². The number of likely N-dealkylation sites (tertiary alicyclic amines) is 1. The summed E-state index contributed by atoms with van der Waals surface area (Å²) in [5.74, 6) is 0.830. The highest BCUT2D eigenvalue weighted by Gasteiger charge is 2.25. The molecule has 2 aromatic carbocycles. The lowest BCUT2D eigenvalue weighted by molar-refractivity contribution is -0.131. The Balaban J connectivity index is 1.46. The van der Waals surface area contributed by atoms with Crippen LogP contribution >= 0.6 is 0 Å². The number of benzene rings is 2. The number of rotatable bonds is 5. The fourth-order valence-corrected chi connectivity index (χ4v) is 3.94. The highest BCUT2D eigenvalue weighted by molar-refractivity contribution is 5.79. The van der Waals surface area contributed by atoms with Crippen molar-refractivity contribution in [2.75, 3.05) is 20.2 Å². The number of methoxy groups -OCH3 is 1. The third-order valence-electron chi connectivity index (χ3n) is 5.62. The van der Waals surface area contributed by atoms with E-state index < -0.39 is 0 Å². The summed E-state index contributed by atoms with van der Waals surface area (Å²) in [4.78, 5) is 19.6. The molecule has 1 unspecified atom stereocenters. The summed E-state index contributed by atoms with van der Waals surface area (Å²) in [7, 11) is 1.65. The van der Waals surface area contributed by atoms with Crippen LogP contribution in [0, 0.1) is 5.82 Å². The Hall–Kier alpha value is -3.21. The maximum Gasteiger partial charge on any atom is 0.227 e. The summed E-state index contributed by atoms with van der Waals surface area (Å²) in [6.07, 6.45) is 2.26. The van der Waals surface area contributed by atoms with Crippen LogP contribution in [0.3, 0.4) is 0 Å². The summed E-state index contributed by atoms with van der Waals surface area (Å²) in [6.45, 7) is 1.42. The van der Waals surface area contributed by atoms with E-state index in [2.05, 4.69) is 0 Å². The van der Waals surface area contributed by atoms with Crippen LogP contribution < -0.4 is 4.74 Å². The van der Waals surface area contributed by atoms with Gasteiger partial charge in [0.25, 0.3) is 0 Å². The molecule has 1 saturated heterocycles. The Morgan fingerprint density at radius 2 is 1.87 bits per heavy atom. The molecular formula is C25H25FN2O2. The van der Waals surface area contributed by atoms with Gasteiger partial charge in [0.05, 0.1) is 19.2 Å². The number of amides is 1. The van der Waals surface area contributed by atoms with Crippen molar-refractivity contribution in [3.63, 3.8) is 0 Å². The Morgan fingerprint density at radius 3 is 2.60 bits per heavy atom. The summed E-state index contributed by atoms with van der Waals surface area (Å²) in [5.41, 5.74) is 3.81. The molecule has 2 heterocycles. The van der Waals surface area contributed by atoms with Gasteiger partial charge in [-0.15, -0.1) is 0 Å². The highest BCUT2D eigenvalue weighted by Crippen LogP contribution is 2.28. The van der Waals surface area contributed by atoms with Gasteiger partial charge >= 0.3 is 0 Å². The van der Waals surface area contributed by atoms with Gasteiger partial charge in [-0.05, 0) is 66.9 Å². The normalized spacial score (nSPS) is 16.3. The minimum atomic E-state index is -0.285. The number of halogens is 1. The molecule has 0 N–H and O–H groups in total. The highest BCUT2D eigenvalue weighted by atomic mass is 19.1. The van der Waals surface area contributed by atoms with Crippen LogP contribution in [0.1, 0.15) is 30.0 Å². The molecule has 0 aliphatic carbocycles. The van der Waals surface area contributed by atoms with E-state index in [-0.39, 0.29) is 17.6 Å². The lowest BCUT2D eigenvalue weighted by atomic mass is 9.93. The fourth-order valence-electron chi connectivity index (χ4n) is 3.94. The van der Waals surface area contributed by atoms with Crippen LogP contribution in [-0.4, -0.2) is 36.0 Å². The molecule has 1 amide bonds. The number of ether oxygens (including phenoxy) is 1. The van der Waals surface area contributed by atoms with E-state index in [1.165, 1.54) is 12.1 Å². The Morgan fingerprint density at radius 1 is 1.10 bits per heavy atom. The van der Waals surface area contributed by atoms with E-state index in [0.29, 0.717) is 13.0 Å². The van der Waals surface area contributed by atoms with E-state index in [1.54, 1.807) is 19.2 Å². The van der Waals surface area contributed by atoms with Gasteiger partial charge in [-0.3, -0.25) is 9.78 Å². The maximum atomic E-state index is 13.1. The number of hydrogen-bond donors (Lipinski definition) is 0. The van der Waals surface area contributed by atoms with Gasteiger partial charge in [-0.1, -0.05) is 18.2 Å². The Labute approximate surface area is 176 Å². The second-order valence-electron chi connectivity index (χ2n) is 7.66. The van der Waals surface area contributed by atoms with Crippen LogP contribution in [0.4, 0.5) is 4.39 Å². The van der Waals surface area contributed by atoms with Crippen molar-refractivity contribution < 1.29 is 13.9 Å². The van der Waals surface area contributed by atoms with E-state index >= 15 is 0 Å². The summed E-state index contributed by atoms with van der Waals surface area (Å²) >= 11 is 0. The third kappa shape index (κ3) is 4.67. The number of piperidine rings is 1. The van der Waals surface area contributed by atoms with E-state index in [4.69, 9.17) is 9.72 Å². The molecule has 4 rings (SSSR count). The van der Waals surface area contributed by atoms with Gasteiger partial charge in [0.15, 0.2) is 0 Å². The molecule has 0 spiro atoms. The average Bonchev–Trinajstić information content (AvgIpc) is 2.81. The molecule has 4 nitrogen and oxygen atoms in total. The number of carbonyl (C=O) groups is 1. The molecule has 3 aromatic rings. The molecule has 30 heavy (non-hydrogen) atoms. The van der Waals surface area contributed by atoms with Gasteiger partial charge in [-0.25, -0.2) is 4.39 Å². The largest absolute Gasteiger partial charge is 0.497 e. The topological polar surface area (TPSA) is 42.4 Å². The molecule has 5 heteroatoms. The third-order valence-corrected chi connectivity index (χ3v) is 5.62. The first-order valence-electron chi connectivity index (χ1n) is 10.3. The van der Waals surface area contributed by atoms with E-state index in [0.717, 1.165) is 47.7 Å². The van der Waals surface area contributed by atoms with Crippen molar-refractivity contribution in [1.29, 1.82) is 0 Å². The second-order valence-corrected chi connectivity index (χ2v) is 7.66. The summed E-state index contributed by atoms with van der Waals surface area (Å²) < 4.78 is 18.3. The lowest BCUT2D eigenvalue weighted by Crippen LogP contribution is -2.40. The predicted molar refractivity (Wildman–Crippen MR) is 115 cm³/mol. The Bertz CT molecular complexity index is 1000. The van der Waals surface area contributed by atoms with Crippen molar-refractivity contribution in [3.8, 4) is 17.0 Å². The van der Waals surface area contributed by atoms with Crippen molar-refractivity contribution in [2.24, 2.45) is 0 Å². The summed E-state index contributed by atoms with van der Waals surface area (Å²) in [6, 6.07) is 20.1. The molecule has 1 atom stereocenters. The van der Waals surface area contributed by atoms with Crippen molar-refractivity contribution in [3.05, 3.63) is 83.8 Å². The fraction of sp³-hybridized carbons (Fsp3) is 0.280. The van der Waals surface area contributed by atoms with Crippen LogP contribution in [0.5, 0.6) is 5.75 Å². The monoisotopic (exact) mass is 404 g/mol. The van der Waals surface area contributed by atoms with E-state index in [9.17, 15) is 9.18 Å². The molecule has 0 saturated carbocycles. The van der Waals surface area contributed by atoms with Crippen LogP contribution in [-0.2, 0) is 11.2 Å². The minimum Gasteiger partial charge on any atom is -0.497 e. The van der Waals surface area contributed by atoms with Gasteiger partial charge in [0.2, 0.25) is 5.91 Å². The van der Waals surface area contributed by atoms with Gasteiger partial charge in [0, 0.05) is 30.3 Å². The van der Waals surface area contributed by atoms with Crippen molar-refractivity contribution in [1.82, 2.24) is 9.88 Å². The molecule has 154 valence electrons. The van der Waals surface area contributed by atoms with Gasteiger partial charge < -0.3 is 9.64 Å². The quantitative estimate of drug-likeness (QED) is 0.611. The number of nitrogens with zero attached hydrogens (tertiary/aromatic N) is 2. The molecule has 0 radical (unpaired) electrons. The number of pyridine rings is 1. The van der Waals surface area contributed by atoms with Crippen LogP contribution in [0.25, 0.3) is 11.3 Å². The molecule has 1 aliphatic rings. The maximum absolute atomic E-state index is 13.1. The zero-order chi connectivity index (χ0) is 20.9. The molecule has 0 bridgehead atoms. The molecule has 1 aliphatic heterocycles. The molecule has 1 aromatic heterocycles. The van der Waals surface area contributed by atoms with Crippen LogP contribution in [0.15, 0.2) is 66.7 Å². The zero-order valence-corrected chi connectivity index (χ0v) is 17.1. The SMILES string of the molecule is COc1ccc(-c2cccc(C3CCCN(C(=O)Cc4ccc(F)cc4)C3)n2)cc1. The smallest absolute Gasteiger partial charge is 0.227 e. The standard InChI is InChI=1S/C25H25FN2O2/c1-30-22-13-9-19(10-14-22)23-5-2-6-24(27-23)20-4-3-15-28(17-20)25(29)16-18-7-11-21(26)12-8-18/h2,5-14,20H,3-4,15-17H2,1H3.